The molecule has 0 amide bonds. The smallest absolute Gasteiger partial charge is 0.178 e. The van der Waals surface area contributed by atoms with E-state index in [1.54, 1.807) is 0 Å². The zero-order chi connectivity index (χ0) is 12.4. The van der Waals surface area contributed by atoms with Gasteiger partial charge in [0.2, 0.25) is 0 Å². The molecule has 17 heavy (non-hydrogen) atoms. The van der Waals surface area contributed by atoms with E-state index in [0.717, 1.165) is 22.8 Å². The number of hydrogen-bond acceptors (Lipinski definition) is 1. The minimum absolute atomic E-state index is 0.760. The van der Waals surface area contributed by atoms with Gasteiger partial charge < -0.3 is 9.55 Å². The average molecular weight is 248 g/mol. The van der Waals surface area contributed by atoms with Crippen molar-refractivity contribution in [1.82, 2.24) is 9.55 Å². The number of aryl methyl sites for hydroxylation is 2. The topological polar surface area (TPSA) is 20.7 Å². The van der Waals surface area contributed by atoms with E-state index in [4.69, 9.17) is 12.2 Å². The van der Waals surface area contributed by atoms with E-state index in [9.17, 15) is 0 Å². The molecule has 0 spiro atoms. The van der Waals surface area contributed by atoms with E-state index < -0.39 is 0 Å². The van der Waals surface area contributed by atoms with Crippen molar-refractivity contribution in [3.8, 4) is 0 Å². The van der Waals surface area contributed by atoms with E-state index in [1.807, 2.05) is 0 Å². The molecule has 0 radical (unpaired) electrons. The lowest BCUT2D eigenvalue weighted by Crippen LogP contribution is -2.00. The highest BCUT2D eigenvalue weighted by Crippen LogP contribution is 2.17. The van der Waals surface area contributed by atoms with Gasteiger partial charge in [-0.2, -0.15) is 0 Å². The van der Waals surface area contributed by atoms with Gasteiger partial charge in [0.1, 0.15) is 0 Å². The molecule has 0 aliphatic heterocycles. The van der Waals surface area contributed by atoms with Crippen LogP contribution in [0.25, 0.3) is 11.0 Å². The third-order valence-electron chi connectivity index (χ3n) is 3.09. The molecular formula is C14H20N2S. The van der Waals surface area contributed by atoms with Crippen LogP contribution in [0, 0.1) is 17.6 Å². The minimum Gasteiger partial charge on any atom is -0.331 e. The van der Waals surface area contributed by atoms with Gasteiger partial charge in [-0.1, -0.05) is 19.9 Å². The number of H-pyrrole nitrogens is 1. The monoisotopic (exact) mass is 248 g/mol. The van der Waals surface area contributed by atoms with Crippen molar-refractivity contribution < 1.29 is 0 Å². The summed E-state index contributed by atoms with van der Waals surface area (Å²) in [6, 6.07) is 6.43. The van der Waals surface area contributed by atoms with E-state index in [1.165, 1.54) is 23.9 Å². The number of aromatic nitrogens is 2. The Morgan fingerprint density at radius 2 is 2.12 bits per heavy atom. The van der Waals surface area contributed by atoms with Crippen LogP contribution in [0.4, 0.5) is 0 Å². The molecule has 2 aromatic rings. The van der Waals surface area contributed by atoms with Gasteiger partial charge in [0.05, 0.1) is 11.0 Å². The molecule has 0 bridgehead atoms. The number of nitrogens with one attached hydrogen (secondary N) is 1. The van der Waals surface area contributed by atoms with Gasteiger partial charge in [-0.25, -0.2) is 0 Å². The summed E-state index contributed by atoms with van der Waals surface area (Å²) >= 11 is 5.38. The lowest BCUT2D eigenvalue weighted by atomic mass is 10.1. The highest BCUT2D eigenvalue weighted by atomic mass is 32.1. The highest BCUT2D eigenvalue weighted by Gasteiger charge is 2.04. The van der Waals surface area contributed by atoms with Crippen LogP contribution < -0.4 is 0 Å². The summed E-state index contributed by atoms with van der Waals surface area (Å²) in [5.41, 5.74) is 3.66. The van der Waals surface area contributed by atoms with Crippen molar-refractivity contribution in [3.05, 3.63) is 28.5 Å². The molecule has 1 heterocycles. The van der Waals surface area contributed by atoms with E-state index in [0.29, 0.717) is 0 Å². The van der Waals surface area contributed by atoms with Crippen LogP contribution in [-0.4, -0.2) is 9.55 Å². The normalized spacial score (nSPS) is 11.5. The Kier molecular flexibility index (Phi) is 3.67. The molecule has 0 saturated carbocycles. The molecule has 0 unspecified atom stereocenters. The van der Waals surface area contributed by atoms with E-state index >= 15 is 0 Å². The van der Waals surface area contributed by atoms with Crippen LogP contribution in [0.3, 0.4) is 0 Å². The van der Waals surface area contributed by atoms with E-state index in [2.05, 4.69) is 48.5 Å². The Morgan fingerprint density at radius 3 is 2.82 bits per heavy atom. The van der Waals surface area contributed by atoms with Crippen LogP contribution in [0.2, 0.25) is 0 Å². The molecule has 1 aromatic heterocycles. The average Bonchev–Trinajstić information content (AvgIpc) is 2.55. The van der Waals surface area contributed by atoms with Crippen molar-refractivity contribution in [2.75, 3.05) is 0 Å². The van der Waals surface area contributed by atoms with Gasteiger partial charge in [0.25, 0.3) is 0 Å². The molecule has 2 nitrogen and oxygen atoms in total. The summed E-state index contributed by atoms with van der Waals surface area (Å²) in [6.07, 6.45) is 2.44. The first-order valence-corrected chi connectivity index (χ1v) is 6.68. The number of fused-ring (bicyclic) bond motifs is 1. The highest BCUT2D eigenvalue weighted by molar-refractivity contribution is 7.71. The Balaban J connectivity index is 2.29. The molecule has 0 aliphatic rings. The summed E-state index contributed by atoms with van der Waals surface area (Å²) in [5.74, 6) is 0.760. The largest absolute Gasteiger partial charge is 0.331 e. The first-order valence-electron chi connectivity index (χ1n) is 6.27. The molecular weight excluding hydrogens is 228 g/mol. The van der Waals surface area contributed by atoms with E-state index in [-0.39, 0.29) is 0 Å². The number of imidazole rings is 1. The van der Waals surface area contributed by atoms with Crippen LogP contribution in [0.1, 0.15) is 32.3 Å². The summed E-state index contributed by atoms with van der Waals surface area (Å²) in [5, 5.41) is 0. The van der Waals surface area contributed by atoms with Gasteiger partial charge in [-0.3, -0.25) is 0 Å². The van der Waals surface area contributed by atoms with Gasteiger partial charge in [-0.15, -0.1) is 0 Å². The Labute approximate surface area is 108 Å². The fraction of sp³-hybridized carbons (Fsp3) is 0.500. The number of benzene rings is 1. The summed E-state index contributed by atoms with van der Waals surface area (Å²) < 4.78 is 3.06. The van der Waals surface area contributed by atoms with Gasteiger partial charge in [0, 0.05) is 6.54 Å². The lowest BCUT2D eigenvalue weighted by Gasteiger charge is -2.07. The fourth-order valence-electron chi connectivity index (χ4n) is 2.14. The summed E-state index contributed by atoms with van der Waals surface area (Å²) in [4.78, 5) is 3.27. The minimum atomic E-state index is 0.760. The number of aromatic amines is 1. The van der Waals surface area contributed by atoms with Crippen LogP contribution in [0.15, 0.2) is 18.2 Å². The van der Waals surface area contributed by atoms with Crippen LogP contribution >= 0.6 is 12.2 Å². The second-order valence-electron chi connectivity index (χ2n) is 5.14. The second kappa shape index (κ2) is 5.05. The molecule has 1 aromatic carbocycles. The maximum Gasteiger partial charge on any atom is 0.178 e. The second-order valence-corrected chi connectivity index (χ2v) is 5.53. The van der Waals surface area contributed by atoms with Crippen molar-refractivity contribution in [3.63, 3.8) is 0 Å². The number of hydrogen-bond donors (Lipinski definition) is 1. The van der Waals surface area contributed by atoms with Crippen LogP contribution in [-0.2, 0) is 6.54 Å². The van der Waals surface area contributed by atoms with Crippen molar-refractivity contribution in [2.24, 2.45) is 5.92 Å². The van der Waals surface area contributed by atoms with Gasteiger partial charge >= 0.3 is 0 Å². The molecule has 0 atom stereocenters. The number of rotatable bonds is 4. The van der Waals surface area contributed by atoms with Crippen molar-refractivity contribution in [1.29, 1.82) is 0 Å². The lowest BCUT2D eigenvalue weighted by molar-refractivity contribution is 0.515. The van der Waals surface area contributed by atoms with Gasteiger partial charge in [0.15, 0.2) is 4.77 Å². The third-order valence-corrected chi connectivity index (χ3v) is 3.42. The first-order chi connectivity index (χ1) is 8.08. The fourth-order valence-corrected chi connectivity index (χ4v) is 2.44. The maximum atomic E-state index is 5.38. The number of nitrogens with zero attached hydrogens (tertiary/aromatic N) is 1. The zero-order valence-corrected chi connectivity index (χ0v) is 11.6. The molecule has 0 saturated heterocycles. The quantitative estimate of drug-likeness (QED) is 0.793. The molecule has 1 N–H and O–H groups in total. The molecule has 92 valence electrons. The summed E-state index contributed by atoms with van der Waals surface area (Å²) in [7, 11) is 0. The predicted molar refractivity (Wildman–Crippen MR) is 75.9 cm³/mol. The summed E-state index contributed by atoms with van der Waals surface area (Å²) in [6.45, 7) is 7.66. The van der Waals surface area contributed by atoms with Crippen molar-refractivity contribution >= 4 is 23.3 Å². The maximum absolute atomic E-state index is 5.38. The van der Waals surface area contributed by atoms with Crippen molar-refractivity contribution in [2.45, 2.75) is 40.2 Å². The molecule has 0 aliphatic carbocycles. The predicted octanol–water partition coefficient (Wildman–Crippen LogP) is 4.44. The first kappa shape index (κ1) is 12.4. The SMILES string of the molecule is Cc1ccc2[nH]c(=S)n(CCCC(C)C)c2c1. The van der Waals surface area contributed by atoms with Gasteiger partial charge in [-0.05, 0) is 55.6 Å². The Morgan fingerprint density at radius 1 is 1.35 bits per heavy atom. The Bertz CT molecular complexity index is 563. The standard InChI is InChI=1S/C14H20N2S/c1-10(2)5-4-8-16-13-9-11(3)6-7-12(13)15-14(16)17/h6-7,9-10H,4-5,8H2,1-3H3,(H,15,17). The third kappa shape index (κ3) is 2.78. The molecule has 3 heteroatoms. The Hall–Kier alpha value is -1.09. The van der Waals surface area contributed by atoms with Crippen LogP contribution in [0.5, 0.6) is 0 Å². The molecule has 0 fully saturated rings. The molecule has 2 rings (SSSR count). The zero-order valence-electron chi connectivity index (χ0n) is 10.8.